The summed E-state index contributed by atoms with van der Waals surface area (Å²) in [4.78, 5) is 27.9. The van der Waals surface area contributed by atoms with Crippen molar-refractivity contribution in [1.29, 1.82) is 0 Å². The van der Waals surface area contributed by atoms with Crippen molar-refractivity contribution in [1.82, 2.24) is 14.3 Å². The second-order valence-corrected chi connectivity index (χ2v) is 5.22. The van der Waals surface area contributed by atoms with Crippen LogP contribution in [0.5, 0.6) is 0 Å². The molecular weight excluding hydrogens is 312 g/mol. The minimum atomic E-state index is -1.01. The standard InChI is InChI=1S/C16H18N4O4/c1-3-7-18(8-4-2)11-14-13(9-16(21)22)17-15-6-5-12(20(23)24)10-19(14)15/h3-6,10H,1-2,7-9,11H2,(H,21,22). The molecule has 0 amide bonds. The molecule has 0 aliphatic rings. The Labute approximate surface area is 138 Å². The Kier molecular flexibility index (Phi) is 5.43. The summed E-state index contributed by atoms with van der Waals surface area (Å²) in [5.41, 5.74) is 1.40. The summed E-state index contributed by atoms with van der Waals surface area (Å²) in [6.45, 7) is 8.92. The van der Waals surface area contributed by atoms with Gasteiger partial charge in [0.25, 0.3) is 5.69 Å². The first-order valence-corrected chi connectivity index (χ1v) is 7.26. The van der Waals surface area contributed by atoms with Gasteiger partial charge in [0, 0.05) is 25.7 Å². The monoisotopic (exact) mass is 330 g/mol. The van der Waals surface area contributed by atoms with E-state index in [4.69, 9.17) is 5.11 Å². The first-order valence-electron chi connectivity index (χ1n) is 7.26. The zero-order valence-corrected chi connectivity index (χ0v) is 13.1. The molecule has 1 N–H and O–H groups in total. The summed E-state index contributed by atoms with van der Waals surface area (Å²) in [6.07, 6.45) is 4.57. The third-order valence-corrected chi connectivity index (χ3v) is 3.46. The molecule has 0 fully saturated rings. The van der Waals surface area contributed by atoms with Crippen LogP contribution in [0.1, 0.15) is 11.4 Å². The van der Waals surface area contributed by atoms with Crippen molar-refractivity contribution < 1.29 is 14.8 Å². The van der Waals surface area contributed by atoms with E-state index in [0.717, 1.165) is 0 Å². The van der Waals surface area contributed by atoms with Gasteiger partial charge in [0.1, 0.15) is 5.65 Å². The molecule has 0 atom stereocenters. The molecule has 24 heavy (non-hydrogen) atoms. The van der Waals surface area contributed by atoms with Crippen molar-refractivity contribution in [3.05, 3.63) is 65.1 Å². The van der Waals surface area contributed by atoms with Gasteiger partial charge in [0.2, 0.25) is 0 Å². The van der Waals surface area contributed by atoms with Gasteiger partial charge >= 0.3 is 5.97 Å². The van der Waals surface area contributed by atoms with Crippen molar-refractivity contribution in [3.63, 3.8) is 0 Å². The maximum absolute atomic E-state index is 11.1. The fourth-order valence-corrected chi connectivity index (χ4v) is 2.47. The van der Waals surface area contributed by atoms with Gasteiger partial charge in [-0.2, -0.15) is 0 Å². The zero-order chi connectivity index (χ0) is 17.7. The molecule has 126 valence electrons. The van der Waals surface area contributed by atoms with Gasteiger partial charge in [0.15, 0.2) is 0 Å². The number of hydrogen-bond acceptors (Lipinski definition) is 5. The molecule has 0 aliphatic carbocycles. The molecule has 0 bridgehead atoms. The Balaban J connectivity index is 2.53. The summed E-state index contributed by atoms with van der Waals surface area (Å²) in [5, 5.41) is 20.1. The minimum Gasteiger partial charge on any atom is -0.481 e. The van der Waals surface area contributed by atoms with E-state index in [-0.39, 0.29) is 12.1 Å². The number of carboxylic acids is 1. The van der Waals surface area contributed by atoms with Gasteiger partial charge in [-0.3, -0.25) is 24.2 Å². The fourth-order valence-electron chi connectivity index (χ4n) is 2.47. The summed E-state index contributed by atoms with van der Waals surface area (Å²) in [6, 6.07) is 2.86. The topological polar surface area (TPSA) is 101 Å². The molecule has 0 aromatic carbocycles. The van der Waals surface area contributed by atoms with E-state index in [1.54, 1.807) is 16.6 Å². The van der Waals surface area contributed by atoms with Crippen LogP contribution in [0.25, 0.3) is 5.65 Å². The van der Waals surface area contributed by atoms with Gasteiger partial charge in [0.05, 0.1) is 28.9 Å². The van der Waals surface area contributed by atoms with Gasteiger partial charge in [-0.05, 0) is 6.07 Å². The molecule has 2 rings (SSSR count). The van der Waals surface area contributed by atoms with E-state index in [2.05, 4.69) is 18.1 Å². The predicted octanol–water partition coefficient (Wildman–Crippen LogP) is 2.04. The largest absolute Gasteiger partial charge is 0.481 e. The highest BCUT2D eigenvalue weighted by atomic mass is 16.6. The smallest absolute Gasteiger partial charge is 0.309 e. The molecular formula is C16H18N4O4. The third-order valence-electron chi connectivity index (χ3n) is 3.46. The molecule has 0 aliphatic heterocycles. The predicted molar refractivity (Wildman–Crippen MR) is 88.9 cm³/mol. The first kappa shape index (κ1) is 17.4. The highest BCUT2D eigenvalue weighted by Gasteiger charge is 2.19. The highest BCUT2D eigenvalue weighted by Crippen LogP contribution is 2.20. The Morgan fingerprint density at radius 2 is 2.04 bits per heavy atom. The molecule has 0 spiro atoms. The molecule has 0 unspecified atom stereocenters. The van der Waals surface area contributed by atoms with Crippen molar-refractivity contribution in [2.24, 2.45) is 0 Å². The van der Waals surface area contributed by atoms with Crippen molar-refractivity contribution in [3.8, 4) is 0 Å². The van der Waals surface area contributed by atoms with Crippen molar-refractivity contribution >= 4 is 17.3 Å². The Bertz CT molecular complexity index is 787. The Morgan fingerprint density at radius 1 is 1.38 bits per heavy atom. The number of nitro groups is 1. The highest BCUT2D eigenvalue weighted by molar-refractivity contribution is 5.70. The number of carbonyl (C=O) groups is 1. The molecule has 2 aromatic rings. The molecule has 0 saturated heterocycles. The summed E-state index contributed by atoms with van der Waals surface area (Å²) >= 11 is 0. The summed E-state index contributed by atoms with van der Waals surface area (Å²) in [5.74, 6) is -1.01. The normalized spacial score (nSPS) is 10.9. The van der Waals surface area contributed by atoms with Gasteiger partial charge in [-0.15, -0.1) is 13.2 Å². The van der Waals surface area contributed by atoms with Crippen LogP contribution in [0.15, 0.2) is 43.6 Å². The number of aromatic nitrogens is 2. The average Bonchev–Trinajstić information content (AvgIpc) is 2.84. The van der Waals surface area contributed by atoms with Gasteiger partial charge in [-0.25, -0.2) is 4.98 Å². The third kappa shape index (κ3) is 3.85. The van der Waals surface area contributed by atoms with E-state index in [0.29, 0.717) is 36.7 Å². The number of fused-ring (bicyclic) bond motifs is 1. The SMILES string of the molecule is C=CCN(CC=C)Cc1c(CC(=O)O)nc2ccc([N+](=O)[O-])cn12. The average molecular weight is 330 g/mol. The number of aliphatic carboxylic acids is 1. The lowest BCUT2D eigenvalue weighted by Crippen LogP contribution is -2.25. The lowest BCUT2D eigenvalue weighted by molar-refractivity contribution is -0.385. The van der Waals surface area contributed by atoms with E-state index in [1.165, 1.54) is 18.3 Å². The summed E-state index contributed by atoms with van der Waals surface area (Å²) in [7, 11) is 0. The lowest BCUT2D eigenvalue weighted by atomic mass is 10.2. The van der Waals surface area contributed by atoms with Crippen molar-refractivity contribution in [2.75, 3.05) is 13.1 Å². The molecule has 2 heterocycles. The molecule has 0 saturated carbocycles. The maximum Gasteiger partial charge on any atom is 0.309 e. The second-order valence-electron chi connectivity index (χ2n) is 5.22. The molecule has 8 heteroatoms. The number of pyridine rings is 1. The zero-order valence-electron chi connectivity index (χ0n) is 13.1. The van der Waals surface area contributed by atoms with E-state index < -0.39 is 10.9 Å². The Hall–Kier alpha value is -3.00. The van der Waals surface area contributed by atoms with Crippen LogP contribution in [0.3, 0.4) is 0 Å². The van der Waals surface area contributed by atoms with Gasteiger partial charge in [-0.1, -0.05) is 12.2 Å². The van der Waals surface area contributed by atoms with Crippen LogP contribution in [0, 0.1) is 10.1 Å². The second kappa shape index (κ2) is 7.51. The first-order chi connectivity index (χ1) is 11.5. The molecule has 0 radical (unpaired) electrons. The van der Waals surface area contributed by atoms with E-state index >= 15 is 0 Å². The number of nitrogens with zero attached hydrogens (tertiary/aromatic N) is 4. The number of hydrogen-bond donors (Lipinski definition) is 1. The van der Waals surface area contributed by atoms with Crippen LogP contribution in [0.4, 0.5) is 5.69 Å². The van der Waals surface area contributed by atoms with Crippen LogP contribution in [0.2, 0.25) is 0 Å². The molecule has 8 nitrogen and oxygen atoms in total. The van der Waals surface area contributed by atoms with E-state index in [1.807, 2.05) is 4.90 Å². The Morgan fingerprint density at radius 3 is 2.58 bits per heavy atom. The number of rotatable bonds is 9. The van der Waals surface area contributed by atoms with Crippen LogP contribution < -0.4 is 0 Å². The minimum absolute atomic E-state index is 0.0815. The fraction of sp³-hybridized carbons (Fsp3) is 0.250. The van der Waals surface area contributed by atoms with Gasteiger partial charge < -0.3 is 5.11 Å². The van der Waals surface area contributed by atoms with E-state index in [9.17, 15) is 14.9 Å². The maximum atomic E-state index is 11.1. The molecule has 2 aromatic heterocycles. The quantitative estimate of drug-likeness (QED) is 0.429. The van der Waals surface area contributed by atoms with Crippen LogP contribution in [-0.4, -0.2) is 43.4 Å². The van der Waals surface area contributed by atoms with Crippen LogP contribution >= 0.6 is 0 Å². The number of carboxylic acid groups (broad SMARTS) is 1. The number of imidazole rings is 1. The van der Waals surface area contributed by atoms with Crippen LogP contribution in [-0.2, 0) is 17.8 Å². The lowest BCUT2D eigenvalue weighted by Gasteiger charge is -2.19. The summed E-state index contributed by atoms with van der Waals surface area (Å²) < 4.78 is 1.58. The van der Waals surface area contributed by atoms with Crippen molar-refractivity contribution in [2.45, 2.75) is 13.0 Å².